The first kappa shape index (κ1) is 12.8. The van der Waals surface area contributed by atoms with Crippen molar-refractivity contribution in [3.05, 3.63) is 48.0 Å². The van der Waals surface area contributed by atoms with Gasteiger partial charge in [0.1, 0.15) is 5.15 Å². The summed E-state index contributed by atoms with van der Waals surface area (Å²) in [5.74, 6) is 0. The van der Waals surface area contributed by atoms with Crippen LogP contribution in [-0.4, -0.2) is 25.4 Å². The Morgan fingerprint density at radius 2 is 2.06 bits per heavy atom. The zero-order chi connectivity index (χ0) is 13.2. The first-order valence-electron chi connectivity index (χ1n) is 5.02. The van der Waals surface area contributed by atoms with Gasteiger partial charge in [0.25, 0.3) is 10.0 Å². The van der Waals surface area contributed by atoms with E-state index in [2.05, 4.69) is 9.97 Å². The molecule has 0 bridgehead atoms. The van der Waals surface area contributed by atoms with E-state index in [-0.39, 0.29) is 10.0 Å². The number of sulfonamides is 1. The number of nitrogens with zero attached hydrogens (tertiary/aromatic N) is 3. The molecule has 2 heterocycles. The van der Waals surface area contributed by atoms with E-state index in [0.717, 1.165) is 4.31 Å². The fourth-order valence-corrected chi connectivity index (χ4v) is 2.82. The third-order valence-electron chi connectivity index (χ3n) is 2.37. The zero-order valence-corrected chi connectivity index (χ0v) is 11.1. The summed E-state index contributed by atoms with van der Waals surface area (Å²) in [5, 5.41) is 0.135. The van der Waals surface area contributed by atoms with Crippen LogP contribution >= 0.6 is 11.6 Å². The summed E-state index contributed by atoms with van der Waals surface area (Å²) >= 11 is 5.70. The van der Waals surface area contributed by atoms with Gasteiger partial charge in [-0.05, 0) is 24.3 Å². The van der Waals surface area contributed by atoms with Crippen molar-refractivity contribution in [1.29, 1.82) is 0 Å². The van der Waals surface area contributed by atoms with Crippen LogP contribution in [0.25, 0.3) is 0 Å². The molecule has 0 fully saturated rings. The van der Waals surface area contributed by atoms with Gasteiger partial charge in [-0.1, -0.05) is 11.6 Å². The lowest BCUT2D eigenvalue weighted by Crippen LogP contribution is -2.26. The van der Waals surface area contributed by atoms with Crippen LogP contribution in [-0.2, 0) is 10.0 Å². The van der Waals surface area contributed by atoms with E-state index < -0.39 is 10.0 Å². The van der Waals surface area contributed by atoms with Crippen LogP contribution in [0, 0.1) is 0 Å². The molecule has 7 heteroatoms. The lowest BCUT2D eigenvalue weighted by Gasteiger charge is -2.18. The molecule has 0 saturated heterocycles. The molecule has 0 N–H and O–H groups in total. The van der Waals surface area contributed by atoms with E-state index in [1.165, 1.54) is 31.6 Å². The summed E-state index contributed by atoms with van der Waals surface area (Å²) in [6, 6.07) is 6.03. The zero-order valence-electron chi connectivity index (χ0n) is 9.49. The second kappa shape index (κ2) is 4.91. The van der Waals surface area contributed by atoms with Crippen molar-refractivity contribution >= 4 is 27.3 Å². The molecule has 94 valence electrons. The summed E-state index contributed by atoms with van der Waals surface area (Å²) in [7, 11) is -2.19. The van der Waals surface area contributed by atoms with Gasteiger partial charge in [-0.3, -0.25) is 9.29 Å². The number of anilines is 1. The lowest BCUT2D eigenvalue weighted by atomic mass is 10.4. The number of hydrogen-bond donors (Lipinski definition) is 0. The van der Waals surface area contributed by atoms with Crippen LogP contribution in [0.3, 0.4) is 0 Å². The predicted molar refractivity (Wildman–Crippen MR) is 69.1 cm³/mol. The molecule has 0 aliphatic heterocycles. The van der Waals surface area contributed by atoms with Gasteiger partial charge >= 0.3 is 0 Å². The second-order valence-electron chi connectivity index (χ2n) is 3.50. The molecule has 2 aromatic rings. The largest absolute Gasteiger partial charge is 0.268 e. The van der Waals surface area contributed by atoms with Gasteiger partial charge < -0.3 is 0 Å². The van der Waals surface area contributed by atoms with E-state index in [4.69, 9.17) is 11.6 Å². The average molecular weight is 284 g/mol. The lowest BCUT2D eigenvalue weighted by molar-refractivity contribution is 0.594. The fourth-order valence-electron chi connectivity index (χ4n) is 1.38. The Labute approximate surface area is 110 Å². The van der Waals surface area contributed by atoms with Crippen LogP contribution in [0.4, 0.5) is 5.69 Å². The number of aromatic nitrogens is 2. The van der Waals surface area contributed by atoms with Gasteiger partial charge in [-0.15, -0.1) is 0 Å². The molecule has 0 aromatic carbocycles. The van der Waals surface area contributed by atoms with Gasteiger partial charge in [0.05, 0.1) is 16.8 Å². The Bertz CT molecular complexity index is 646. The van der Waals surface area contributed by atoms with Crippen molar-refractivity contribution < 1.29 is 8.42 Å². The molecule has 0 spiro atoms. The maximum Gasteiger partial charge on any atom is 0.264 e. The summed E-state index contributed by atoms with van der Waals surface area (Å²) in [4.78, 5) is 7.73. The molecule has 18 heavy (non-hydrogen) atoms. The number of halogens is 1. The van der Waals surface area contributed by atoms with E-state index in [1.807, 2.05) is 0 Å². The topological polar surface area (TPSA) is 63.2 Å². The van der Waals surface area contributed by atoms with Crippen molar-refractivity contribution in [3.63, 3.8) is 0 Å². The van der Waals surface area contributed by atoms with Crippen molar-refractivity contribution in [2.24, 2.45) is 0 Å². The Hall–Kier alpha value is -1.66. The molecule has 0 atom stereocenters. The van der Waals surface area contributed by atoms with Gasteiger partial charge in [-0.2, -0.15) is 0 Å². The third kappa shape index (κ3) is 2.44. The first-order chi connectivity index (χ1) is 8.51. The summed E-state index contributed by atoms with van der Waals surface area (Å²) < 4.78 is 25.7. The maximum absolute atomic E-state index is 12.3. The Morgan fingerprint density at radius 1 is 1.28 bits per heavy atom. The molecule has 2 aromatic heterocycles. The minimum Gasteiger partial charge on any atom is -0.268 e. The van der Waals surface area contributed by atoms with E-state index in [1.54, 1.807) is 18.3 Å². The van der Waals surface area contributed by atoms with Gasteiger partial charge in [0, 0.05) is 19.4 Å². The fraction of sp³-hybridized carbons (Fsp3) is 0.0909. The van der Waals surface area contributed by atoms with E-state index >= 15 is 0 Å². The monoisotopic (exact) mass is 283 g/mol. The predicted octanol–water partition coefficient (Wildman–Crippen LogP) is 1.96. The molecule has 0 amide bonds. The SMILES string of the molecule is CN(c1cccnc1)S(=O)(=O)c1ccnc(Cl)c1. The molecule has 2 rings (SSSR count). The molecule has 0 unspecified atom stereocenters. The highest BCUT2D eigenvalue weighted by molar-refractivity contribution is 7.92. The third-order valence-corrected chi connectivity index (χ3v) is 4.35. The standard InChI is InChI=1S/C11H10ClN3O2S/c1-15(9-3-2-5-13-8-9)18(16,17)10-4-6-14-11(12)7-10/h2-8H,1H3. The Morgan fingerprint density at radius 3 is 2.67 bits per heavy atom. The second-order valence-corrected chi connectivity index (χ2v) is 5.85. The van der Waals surface area contributed by atoms with Crippen molar-refractivity contribution in [3.8, 4) is 0 Å². The maximum atomic E-state index is 12.3. The van der Waals surface area contributed by atoms with E-state index in [0.29, 0.717) is 5.69 Å². The molecule has 0 aliphatic carbocycles. The average Bonchev–Trinajstić information content (AvgIpc) is 2.39. The molecular formula is C11H10ClN3O2S. The smallest absolute Gasteiger partial charge is 0.264 e. The van der Waals surface area contributed by atoms with Gasteiger partial charge in [0.2, 0.25) is 0 Å². The van der Waals surface area contributed by atoms with Crippen LogP contribution in [0.2, 0.25) is 5.15 Å². The summed E-state index contributed by atoms with van der Waals surface area (Å²) in [5.41, 5.74) is 0.477. The van der Waals surface area contributed by atoms with Crippen molar-refractivity contribution in [1.82, 2.24) is 9.97 Å². The number of hydrogen-bond acceptors (Lipinski definition) is 4. The molecule has 5 nitrogen and oxygen atoms in total. The summed E-state index contributed by atoms with van der Waals surface area (Å²) in [6.45, 7) is 0. The normalized spacial score (nSPS) is 11.2. The van der Waals surface area contributed by atoms with Gasteiger partial charge in [-0.25, -0.2) is 13.4 Å². The minimum atomic E-state index is -3.65. The van der Waals surface area contributed by atoms with Crippen molar-refractivity contribution in [2.75, 3.05) is 11.4 Å². The Kier molecular flexibility index (Phi) is 3.49. The van der Waals surface area contributed by atoms with Crippen LogP contribution in [0.15, 0.2) is 47.8 Å². The summed E-state index contributed by atoms with van der Waals surface area (Å²) in [6.07, 6.45) is 4.40. The Balaban J connectivity index is 2.44. The highest BCUT2D eigenvalue weighted by Crippen LogP contribution is 2.21. The number of pyridine rings is 2. The van der Waals surface area contributed by atoms with E-state index in [9.17, 15) is 8.42 Å². The van der Waals surface area contributed by atoms with Crippen molar-refractivity contribution in [2.45, 2.75) is 4.90 Å². The molecule has 0 aliphatic rings. The minimum absolute atomic E-state index is 0.0915. The first-order valence-corrected chi connectivity index (χ1v) is 6.84. The quantitative estimate of drug-likeness (QED) is 0.808. The highest BCUT2D eigenvalue weighted by Gasteiger charge is 2.21. The van der Waals surface area contributed by atoms with Gasteiger partial charge in [0.15, 0.2) is 0 Å². The highest BCUT2D eigenvalue weighted by atomic mass is 35.5. The van der Waals surface area contributed by atoms with Crippen LogP contribution in [0.1, 0.15) is 0 Å². The molecule has 0 saturated carbocycles. The van der Waals surface area contributed by atoms with Crippen LogP contribution in [0.5, 0.6) is 0 Å². The molecular weight excluding hydrogens is 274 g/mol. The van der Waals surface area contributed by atoms with Crippen LogP contribution < -0.4 is 4.31 Å². The molecule has 0 radical (unpaired) electrons. The number of rotatable bonds is 3.